The molecule has 0 unspecified atom stereocenters. The fraction of sp³-hybridized carbons (Fsp3) is 0.500. The molecule has 0 atom stereocenters. The standard InChI is InChI=1S/C18H21ClN4O/c19-15-3-1-2-13(10-15)11-17(24)22-8-6-16(7-9-22)23-12-20-21-18(23)14-4-5-14/h1-3,10,12,14,16H,4-9,11H2. The predicted molar refractivity (Wildman–Crippen MR) is 92.0 cm³/mol. The van der Waals surface area contributed by atoms with E-state index in [-0.39, 0.29) is 5.91 Å². The molecule has 2 aliphatic rings. The number of piperidine rings is 1. The zero-order chi connectivity index (χ0) is 16.5. The van der Waals surface area contributed by atoms with Gasteiger partial charge in [0.05, 0.1) is 6.42 Å². The first-order valence-corrected chi connectivity index (χ1v) is 9.00. The maximum Gasteiger partial charge on any atom is 0.226 e. The molecule has 2 fully saturated rings. The molecule has 0 spiro atoms. The number of amides is 1. The summed E-state index contributed by atoms with van der Waals surface area (Å²) in [5, 5.41) is 9.07. The monoisotopic (exact) mass is 344 g/mol. The molecule has 2 aromatic rings. The fourth-order valence-corrected chi connectivity index (χ4v) is 3.71. The number of benzene rings is 1. The highest BCUT2D eigenvalue weighted by molar-refractivity contribution is 6.30. The summed E-state index contributed by atoms with van der Waals surface area (Å²) < 4.78 is 2.25. The van der Waals surface area contributed by atoms with Crippen LogP contribution in [0.2, 0.25) is 5.02 Å². The van der Waals surface area contributed by atoms with Crippen LogP contribution in [0.3, 0.4) is 0 Å². The molecular weight excluding hydrogens is 324 g/mol. The van der Waals surface area contributed by atoms with E-state index in [1.807, 2.05) is 35.5 Å². The van der Waals surface area contributed by atoms with Crippen LogP contribution in [-0.2, 0) is 11.2 Å². The molecule has 0 radical (unpaired) electrons. The Balaban J connectivity index is 1.35. The summed E-state index contributed by atoms with van der Waals surface area (Å²) in [6.45, 7) is 1.60. The average Bonchev–Trinajstić information content (AvgIpc) is 3.32. The molecule has 1 saturated heterocycles. The number of rotatable bonds is 4. The topological polar surface area (TPSA) is 51.0 Å². The van der Waals surface area contributed by atoms with Crippen molar-refractivity contribution in [2.24, 2.45) is 0 Å². The molecule has 1 aromatic heterocycles. The lowest BCUT2D eigenvalue weighted by molar-refractivity contribution is -0.131. The van der Waals surface area contributed by atoms with Gasteiger partial charge in [-0.2, -0.15) is 0 Å². The van der Waals surface area contributed by atoms with E-state index in [0.29, 0.717) is 23.4 Å². The Bertz CT molecular complexity index is 732. The van der Waals surface area contributed by atoms with Crippen LogP contribution >= 0.6 is 11.6 Å². The van der Waals surface area contributed by atoms with Crippen molar-refractivity contribution < 1.29 is 4.79 Å². The Kier molecular flexibility index (Phi) is 4.27. The second-order valence-electron chi connectivity index (χ2n) is 6.79. The Labute approximate surface area is 146 Å². The van der Waals surface area contributed by atoms with E-state index in [2.05, 4.69) is 14.8 Å². The Hall–Kier alpha value is -1.88. The van der Waals surface area contributed by atoms with Crippen molar-refractivity contribution in [2.45, 2.75) is 44.1 Å². The van der Waals surface area contributed by atoms with Crippen LogP contribution < -0.4 is 0 Å². The summed E-state index contributed by atoms with van der Waals surface area (Å²) >= 11 is 6.00. The smallest absolute Gasteiger partial charge is 0.226 e. The van der Waals surface area contributed by atoms with Crippen LogP contribution in [0.1, 0.15) is 49.0 Å². The third-order valence-corrected chi connectivity index (χ3v) is 5.23. The van der Waals surface area contributed by atoms with Gasteiger partial charge in [0, 0.05) is 30.1 Å². The normalized spacial score (nSPS) is 18.8. The molecule has 2 heterocycles. The summed E-state index contributed by atoms with van der Waals surface area (Å²) in [5.41, 5.74) is 0.976. The maximum atomic E-state index is 12.5. The van der Waals surface area contributed by atoms with Gasteiger partial charge in [-0.05, 0) is 43.4 Å². The molecular formula is C18H21ClN4O. The van der Waals surface area contributed by atoms with Crippen LogP contribution in [0.5, 0.6) is 0 Å². The molecule has 0 bridgehead atoms. The summed E-state index contributed by atoms with van der Waals surface area (Å²) in [6, 6.07) is 7.96. The van der Waals surface area contributed by atoms with Crippen molar-refractivity contribution in [3.63, 3.8) is 0 Å². The van der Waals surface area contributed by atoms with Crippen LogP contribution in [0.25, 0.3) is 0 Å². The minimum absolute atomic E-state index is 0.182. The van der Waals surface area contributed by atoms with Gasteiger partial charge in [0.1, 0.15) is 12.2 Å². The molecule has 1 aliphatic heterocycles. The van der Waals surface area contributed by atoms with E-state index < -0.39 is 0 Å². The zero-order valence-electron chi connectivity index (χ0n) is 13.6. The molecule has 6 heteroatoms. The summed E-state index contributed by atoms with van der Waals surface area (Å²) in [5.74, 6) is 1.93. The molecule has 1 aliphatic carbocycles. The van der Waals surface area contributed by atoms with Gasteiger partial charge in [-0.15, -0.1) is 10.2 Å². The van der Waals surface area contributed by atoms with Gasteiger partial charge in [-0.25, -0.2) is 0 Å². The number of carbonyl (C=O) groups excluding carboxylic acids is 1. The predicted octanol–water partition coefficient (Wildman–Crippen LogP) is 3.22. The van der Waals surface area contributed by atoms with Gasteiger partial charge in [0.15, 0.2) is 0 Å². The van der Waals surface area contributed by atoms with Gasteiger partial charge >= 0.3 is 0 Å². The number of likely N-dealkylation sites (tertiary alicyclic amines) is 1. The molecule has 1 aromatic carbocycles. The van der Waals surface area contributed by atoms with E-state index in [1.54, 1.807) is 0 Å². The third-order valence-electron chi connectivity index (χ3n) is 5.00. The maximum absolute atomic E-state index is 12.5. The van der Waals surface area contributed by atoms with Crippen molar-refractivity contribution in [3.8, 4) is 0 Å². The van der Waals surface area contributed by atoms with Gasteiger partial charge < -0.3 is 9.47 Å². The lowest BCUT2D eigenvalue weighted by Gasteiger charge is -2.33. The van der Waals surface area contributed by atoms with Crippen molar-refractivity contribution >= 4 is 17.5 Å². The number of halogens is 1. The first-order valence-electron chi connectivity index (χ1n) is 8.62. The van der Waals surface area contributed by atoms with Crippen molar-refractivity contribution in [3.05, 3.63) is 47.0 Å². The third kappa shape index (κ3) is 3.31. The molecule has 1 amide bonds. The minimum atomic E-state index is 0.182. The van der Waals surface area contributed by atoms with Crippen molar-refractivity contribution in [1.29, 1.82) is 0 Å². The van der Waals surface area contributed by atoms with E-state index in [0.717, 1.165) is 37.3 Å². The van der Waals surface area contributed by atoms with Crippen LogP contribution in [-0.4, -0.2) is 38.7 Å². The van der Waals surface area contributed by atoms with Gasteiger partial charge in [-0.1, -0.05) is 23.7 Å². The van der Waals surface area contributed by atoms with Crippen molar-refractivity contribution in [1.82, 2.24) is 19.7 Å². The van der Waals surface area contributed by atoms with E-state index >= 15 is 0 Å². The molecule has 126 valence electrons. The van der Waals surface area contributed by atoms with E-state index in [9.17, 15) is 4.79 Å². The lowest BCUT2D eigenvalue weighted by Crippen LogP contribution is -2.40. The molecule has 4 rings (SSSR count). The summed E-state index contributed by atoms with van der Waals surface area (Å²) in [7, 11) is 0. The number of aromatic nitrogens is 3. The number of hydrogen-bond acceptors (Lipinski definition) is 3. The Morgan fingerprint density at radius 1 is 1.21 bits per heavy atom. The second kappa shape index (κ2) is 6.55. The van der Waals surface area contributed by atoms with Crippen LogP contribution in [0.15, 0.2) is 30.6 Å². The van der Waals surface area contributed by atoms with Gasteiger partial charge in [0.2, 0.25) is 5.91 Å². The summed E-state index contributed by atoms with van der Waals surface area (Å²) in [4.78, 5) is 14.5. The number of nitrogens with zero attached hydrogens (tertiary/aromatic N) is 4. The van der Waals surface area contributed by atoms with E-state index in [4.69, 9.17) is 11.6 Å². The molecule has 5 nitrogen and oxygen atoms in total. The Morgan fingerprint density at radius 3 is 2.71 bits per heavy atom. The van der Waals surface area contributed by atoms with E-state index in [1.165, 1.54) is 12.8 Å². The lowest BCUT2D eigenvalue weighted by atomic mass is 10.0. The largest absolute Gasteiger partial charge is 0.342 e. The number of hydrogen-bond donors (Lipinski definition) is 0. The number of carbonyl (C=O) groups is 1. The van der Waals surface area contributed by atoms with Crippen LogP contribution in [0, 0.1) is 0 Å². The highest BCUT2D eigenvalue weighted by Gasteiger charge is 2.32. The quantitative estimate of drug-likeness (QED) is 0.855. The van der Waals surface area contributed by atoms with Gasteiger partial charge in [0.25, 0.3) is 0 Å². The zero-order valence-corrected chi connectivity index (χ0v) is 14.3. The average molecular weight is 345 g/mol. The van der Waals surface area contributed by atoms with Crippen LogP contribution in [0.4, 0.5) is 0 Å². The highest BCUT2D eigenvalue weighted by Crippen LogP contribution is 2.40. The van der Waals surface area contributed by atoms with Gasteiger partial charge in [-0.3, -0.25) is 4.79 Å². The summed E-state index contributed by atoms with van der Waals surface area (Å²) in [6.07, 6.45) is 6.69. The molecule has 1 saturated carbocycles. The fourth-order valence-electron chi connectivity index (χ4n) is 3.49. The Morgan fingerprint density at radius 2 is 2.00 bits per heavy atom. The second-order valence-corrected chi connectivity index (χ2v) is 7.23. The molecule has 0 N–H and O–H groups in total. The minimum Gasteiger partial charge on any atom is -0.342 e. The first kappa shape index (κ1) is 15.6. The first-order chi connectivity index (χ1) is 11.7. The molecule has 24 heavy (non-hydrogen) atoms. The SMILES string of the molecule is O=C(Cc1cccc(Cl)c1)N1CCC(n2cnnc2C2CC2)CC1. The van der Waals surface area contributed by atoms with Crippen molar-refractivity contribution in [2.75, 3.05) is 13.1 Å². The highest BCUT2D eigenvalue weighted by atomic mass is 35.5.